The van der Waals surface area contributed by atoms with E-state index in [9.17, 15) is 4.79 Å². The maximum atomic E-state index is 13.2. The van der Waals surface area contributed by atoms with Gasteiger partial charge in [0.25, 0.3) is 5.91 Å². The van der Waals surface area contributed by atoms with Crippen LogP contribution in [0, 0.1) is 0 Å². The highest BCUT2D eigenvalue weighted by Crippen LogP contribution is 2.26. The van der Waals surface area contributed by atoms with Gasteiger partial charge in [-0.2, -0.15) is 0 Å². The number of carbonyl (C=O) groups excluding carboxylic acids is 1. The molecule has 0 saturated heterocycles. The van der Waals surface area contributed by atoms with E-state index in [0.717, 1.165) is 29.7 Å². The molecule has 3 nitrogen and oxygen atoms in total. The molecule has 0 bridgehead atoms. The third-order valence-corrected chi connectivity index (χ3v) is 5.90. The number of fused-ring (bicyclic) bond motifs is 1. The van der Waals surface area contributed by atoms with Gasteiger partial charge in [-0.05, 0) is 84.9 Å². The minimum Gasteiger partial charge on any atom is -0.345 e. The molecule has 0 radical (unpaired) electrons. The van der Waals surface area contributed by atoms with Gasteiger partial charge < -0.3 is 10.2 Å². The Balaban J connectivity index is 0.00000306. The van der Waals surface area contributed by atoms with Gasteiger partial charge in [-0.25, -0.2) is 0 Å². The summed E-state index contributed by atoms with van der Waals surface area (Å²) in [5.74, 6) is -0.0775. The highest BCUT2D eigenvalue weighted by molar-refractivity contribution is 6.30. The van der Waals surface area contributed by atoms with Crippen LogP contribution in [0.15, 0.2) is 91.0 Å². The average Bonchev–Trinajstić information content (AvgIpc) is 2.82. The normalized spacial score (nSPS) is 11.8. The number of nitrogens with zero attached hydrogens (tertiary/aromatic N) is 1. The van der Waals surface area contributed by atoms with E-state index in [1.807, 2.05) is 74.8 Å². The monoisotopic (exact) mass is 478 g/mol. The summed E-state index contributed by atoms with van der Waals surface area (Å²) in [6.45, 7) is 0.866. The molecule has 4 aromatic carbocycles. The lowest BCUT2D eigenvalue weighted by atomic mass is 9.99. The Hall–Kier alpha value is -2.85. The van der Waals surface area contributed by atoms with E-state index in [1.54, 1.807) is 0 Å². The lowest BCUT2D eigenvalue weighted by Gasteiger charge is -2.21. The number of rotatable bonds is 7. The van der Waals surface area contributed by atoms with Crippen molar-refractivity contribution >= 4 is 40.7 Å². The highest BCUT2D eigenvalue weighted by atomic mass is 35.5. The molecule has 1 unspecified atom stereocenters. The molecule has 4 rings (SSSR count). The Kier molecular flexibility index (Phi) is 8.51. The molecule has 33 heavy (non-hydrogen) atoms. The molecule has 1 N–H and O–H groups in total. The molecular weight excluding hydrogens is 451 g/mol. The third-order valence-electron chi connectivity index (χ3n) is 5.65. The van der Waals surface area contributed by atoms with E-state index in [2.05, 4.69) is 40.5 Å². The van der Waals surface area contributed by atoms with Gasteiger partial charge in [-0.15, -0.1) is 12.4 Å². The molecule has 0 heterocycles. The van der Waals surface area contributed by atoms with Gasteiger partial charge in [-0.3, -0.25) is 4.79 Å². The number of halogens is 2. The molecule has 0 fully saturated rings. The van der Waals surface area contributed by atoms with E-state index >= 15 is 0 Å². The lowest BCUT2D eigenvalue weighted by molar-refractivity contribution is 0.0932. The van der Waals surface area contributed by atoms with E-state index < -0.39 is 0 Å². The van der Waals surface area contributed by atoms with Crippen LogP contribution in [0.5, 0.6) is 0 Å². The standard InChI is InChI=1S/C28H27ClN2O.ClH/c1-31(2)17-16-27(21-12-14-26(29)15-13-21)30-28(32)25-9-5-8-23(19-25)24-11-10-20-6-3-4-7-22(20)18-24;/h3-15,18-19,27H,16-17H2,1-2H3,(H,30,32);1H. The summed E-state index contributed by atoms with van der Waals surface area (Å²) in [4.78, 5) is 15.3. The van der Waals surface area contributed by atoms with Gasteiger partial charge >= 0.3 is 0 Å². The van der Waals surface area contributed by atoms with Gasteiger partial charge in [0.05, 0.1) is 6.04 Å². The Labute approximate surface area is 206 Å². The minimum atomic E-state index is -0.0912. The molecule has 170 valence electrons. The van der Waals surface area contributed by atoms with E-state index in [4.69, 9.17) is 11.6 Å². The zero-order valence-electron chi connectivity index (χ0n) is 18.8. The van der Waals surface area contributed by atoms with E-state index in [0.29, 0.717) is 10.6 Å². The summed E-state index contributed by atoms with van der Waals surface area (Å²) < 4.78 is 0. The van der Waals surface area contributed by atoms with E-state index in [-0.39, 0.29) is 24.4 Å². The quantitative estimate of drug-likeness (QED) is 0.309. The summed E-state index contributed by atoms with van der Waals surface area (Å²) in [5.41, 5.74) is 3.83. The van der Waals surface area contributed by atoms with Gasteiger partial charge in [0.15, 0.2) is 0 Å². The van der Waals surface area contributed by atoms with Gasteiger partial charge in [-0.1, -0.05) is 72.3 Å². The third kappa shape index (κ3) is 6.35. The van der Waals surface area contributed by atoms with Crippen molar-refractivity contribution in [2.45, 2.75) is 12.5 Å². The first kappa shape index (κ1) is 24.8. The van der Waals surface area contributed by atoms with Crippen LogP contribution >= 0.6 is 24.0 Å². The Bertz CT molecular complexity index is 1220. The molecule has 0 aliphatic carbocycles. The summed E-state index contributed by atoms with van der Waals surface area (Å²) in [7, 11) is 4.07. The van der Waals surface area contributed by atoms with Crippen molar-refractivity contribution in [2.75, 3.05) is 20.6 Å². The average molecular weight is 479 g/mol. The molecule has 0 spiro atoms. The number of nitrogens with one attached hydrogen (secondary N) is 1. The van der Waals surface area contributed by atoms with Gasteiger partial charge in [0, 0.05) is 10.6 Å². The first-order chi connectivity index (χ1) is 15.5. The maximum Gasteiger partial charge on any atom is 0.251 e. The van der Waals surface area contributed by atoms with Crippen LogP contribution in [0.1, 0.15) is 28.4 Å². The van der Waals surface area contributed by atoms with Crippen LogP contribution in [-0.4, -0.2) is 31.4 Å². The van der Waals surface area contributed by atoms with Crippen LogP contribution in [0.4, 0.5) is 0 Å². The highest BCUT2D eigenvalue weighted by Gasteiger charge is 2.17. The predicted molar refractivity (Wildman–Crippen MR) is 141 cm³/mol. The number of carbonyl (C=O) groups is 1. The molecule has 1 amide bonds. The van der Waals surface area contributed by atoms with Gasteiger partial charge in [0.2, 0.25) is 0 Å². The Morgan fingerprint density at radius 1 is 0.848 bits per heavy atom. The molecule has 0 aromatic heterocycles. The Morgan fingerprint density at radius 3 is 2.27 bits per heavy atom. The van der Waals surface area contributed by atoms with Crippen molar-refractivity contribution in [1.29, 1.82) is 0 Å². The van der Waals surface area contributed by atoms with Crippen molar-refractivity contribution in [3.63, 3.8) is 0 Å². The second kappa shape index (κ2) is 11.3. The fraction of sp³-hybridized carbons (Fsp3) is 0.179. The summed E-state index contributed by atoms with van der Waals surface area (Å²) in [6.07, 6.45) is 0.810. The molecule has 0 aliphatic heterocycles. The van der Waals surface area contributed by atoms with Crippen LogP contribution in [0.3, 0.4) is 0 Å². The number of hydrogen-bond donors (Lipinski definition) is 1. The van der Waals surface area contributed by atoms with Crippen molar-refractivity contribution < 1.29 is 4.79 Å². The number of benzene rings is 4. The molecule has 1 atom stereocenters. The topological polar surface area (TPSA) is 32.3 Å². The summed E-state index contributed by atoms with van der Waals surface area (Å²) in [6, 6.07) is 30.1. The number of amides is 1. The van der Waals surface area contributed by atoms with E-state index in [1.165, 1.54) is 10.8 Å². The zero-order valence-corrected chi connectivity index (χ0v) is 20.4. The van der Waals surface area contributed by atoms with Crippen molar-refractivity contribution in [2.24, 2.45) is 0 Å². The Morgan fingerprint density at radius 2 is 1.55 bits per heavy atom. The fourth-order valence-corrected chi connectivity index (χ4v) is 3.98. The van der Waals surface area contributed by atoms with Crippen LogP contribution in [0.25, 0.3) is 21.9 Å². The molecule has 0 saturated carbocycles. The molecular formula is C28H28Cl2N2O. The molecule has 4 aromatic rings. The molecule has 0 aliphatic rings. The second-order valence-corrected chi connectivity index (χ2v) is 8.75. The largest absolute Gasteiger partial charge is 0.345 e. The summed E-state index contributed by atoms with van der Waals surface area (Å²) in [5, 5.41) is 6.31. The van der Waals surface area contributed by atoms with Crippen molar-refractivity contribution in [1.82, 2.24) is 10.2 Å². The first-order valence-electron chi connectivity index (χ1n) is 10.8. The van der Waals surface area contributed by atoms with Crippen LogP contribution in [0.2, 0.25) is 5.02 Å². The first-order valence-corrected chi connectivity index (χ1v) is 11.2. The lowest BCUT2D eigenvalue weighted by Crippen LogP contribution is -2.31. The maximum absolute atomic E-state index is 13.2. The second-order valence-electron chi connectivity index (χ2n) is 8.31. The summed E-state index contributed by atoms with van der Waals surface area (Å²) >= 11 is 6.06. The van der Waals surface area contributed by atoms with Crippen molar-refractivity contribution in [3.05, 3.63) is 107 Å². The van der Waals surface area contributed by atoms with Gasteiger partial charge in [0.1, 0.15) is 0 Å². The smallest absolute Gasteiger partial charge is 0.251 e. The van der Waals surface area contributed by atoms with Crippen molar-refractivity contribution in [3.8, 4) is 11.1 Å². The van der Waals surface area contributed by atoms with Crippen LogP contribution < -0.4 is 5.32 Å². The fourth-order valence-electron chi connectivity index (χ4n) is 3.86. The predicted octanol–water partition coefficient (Wildman–Crippen LogP) is 7.00. The molecule has 5 heteroatoms. The van der Waals surface area contributed by atoms with Crippen LogP contribution in [-0.2, 0) is 0 Å². The minimum absolute atomic E-state index is 0. The SMILES string of the molecule is CN(C)CCC(NC(=O)c1cccc(-c2ccc3ccccc3c2)c1)c1ccc(Cl)cc1.Cl. The number of hydrogen-bond acceptors (Lipinski definition) is 2. The zero-order chi connectivity index (χ0) is 22.5.